The van der Waals surface area contributed by atoms with Crippen LogP contribution in [0.2, 0.25) is 0 Å². The fourth-order valence-electron chi connectivity index (χ4n) is 1.33. The molecule has 0 unspecified atom stereocenters. The van der Waals surface area contributed by atoms with E-state index in [1.807, 2.05) is 0 Å². The van der Waals surface area contributed by atoms with Gasteiger partial charge in [0.2, 0.25) is 5.91 Å². The van der Waals surface area contributed by atoms with Crippen LogP contribution >= 0.6 is 0 Å². The van der Waals surface area contributed by atoms with E-state index in [9.17, 15) is 9.59 Å². The van der Waals surface area contributed by atoms with Crippen molar-refractivity contribution in [1.29, 1.82) is 0 Å². The van der Waals surface area contributed by atoms with Crippen LogP contribution < -0.4 is 10.6 Å². The molecule has 0 radical (unpaired) electrons. The Balaban J connectivity index is 3.90. The SMILES string of the molecule is CCCCNC(=O)N(C)C[C@H](C)C(=O)NC. The minimum absolute atomic E-state index is 0.0480. The molecular formula is C11H23N3O2. The highest BCUT2D eigenvalue weighted by Gasteiger charge is 2.16. The number of amides is 3. The van der Waals surface area contributed by atoms with Crippen LogP contribution in [-0.4, -0.2) is 44.0 Å². The standard InChI is InChI=1S/C11H23N3O2/c1-5-6-7-13-11(16)14(4)8-9(2)10(15)12-3/h9H,5-8H2,1-4H3,(H,12,15)(H,13,16)/t9-/m0/s1. The summed E-state index contributed by atoms with van der Waals surface area (Å²) in [6, 6.07) is -0.121. The van der Waals surface area contributed by atoms with Gasteiger partial charge in [-0.15, -0.1) is 0 Å². The van der Waals surface area contributed by atoms with Gasteiger partial charge in [-0.3, -0.25) is 4.79 Å². The van der Waals surface area contributed by atoms with Gasteiger partial charge in [0.15, 0.2) is 0 Å². The Morgan fingerprint density at radius 1 is 1.38 bits per heavy atom. The Morgan fingerprint density at radius 2 is 2.00 bits per heavy atom. The van der Waals surface area contributed by atoms with Crippen LogP contribution in [0.5, 0.6) is 0 Å². The molecular weight excluding hydrogens is 206 g/mol. The number of urea groups is 1. The minimum atomic E-state index is -0.188. The van der Waals surface area contributed by atoms with Crippen molar-refractivity contribution in [1.82, 2.24) is 15.5 Å². The molecule has 0 saturated heterocycles. The topological polar surface area (TPSA) is 61.4 Å². The van der Waals surface area contributed by atoms with E-state index >= 15 is 0 Å². The molecule has 0 aliphatic rings. The second-order valence-electron chi connectivity index (χ2n) is 3.98. The number of nitrogens with one attached hydrogen (secondary N) is 2. The van der Waals surface area contributed by atoms with Crippen molar-refractivity contribution in [3.8, 4) is 0 Å². The molecule has 0 bridgehead atoms. The van der Waals surface area contributed by atoms with Crippen molar-refractivity contribution >= 4 is 11.9 Å². The van der Waals surface area contributed by atoms with E-state index in [4.69, 9.17) is 0 Å². The normalized spacial score (nSPS) is 11.8. The maximum absolute atomic E-state index is 11.5. The molecule has 5 heteroatoms. The number of carbonyl (C=O) groups is 2. The van der Waals surface area contributed by atoms with Crippen LogP contribution in [0.3, 0.4) is 0 Å². The number of nitrogens with zero attached hydrogens (tertiary/aromatic N) is 1. The molecule has 0 saturated carbocycles. The Bertz CT molecular complexity index is 231. The van der Waals surface area contributed by atoms with Gasteiger partial charge in [-0.05, 0) is 6.42 Å². The summed E-state index contributed by atoms with van der Waals surface area (Å²) in [6.45, 7) is 4.99. The second-order valence-corrected chi connectivity index (χ2v) is 3.98. The summed E-state index contributed by atoms with van der Waals surface area (Å²) in [6.07, 6.45) is 2.03. The van der Waals surface area contributed by atoms with E-state index in [0.29, 0.717) is 13.1 Å². The Morgan fingerprint density at radius 3 is 2.50 bits per heavy atom. The average molecular weight is 229 g/mol. The third kappa shape index (κ3) is 5.58. The van der Waals surface area contributed by atoms with Gasteiger partial charge in [-0.1, -0.05) is 20.3 Å². The van der Waals surface area contributed by atoms with E-state index in [1.54, 1.807) is 21.0 Å². The molecule has 0 aliphatic carbocycles. The monoisotopic (exact) mass is 229 g/mol. The predicted octanol–water partition coefficient (Wildman–Crippen LogP) is 0.810. The van der Waals surface area contributed by atoms with Gasteiger partial charge in [0, 0.05) is 27.2 Å². The highest BCUT2D eigenvalue weighted by Crippen LogP contribution is 1.98. The van der Waals surface area contributed by atoms with Crippen molar-refractivity contribution < 1.29 is 9.59 Å². The van der Waals surface area contributed by atoms with Gasteiger partial charge in [-0.2, -0.15) is 0 Å². The molecule has 1 atom stereocenters. The third-order valence-corrected chi connectivity index (χ3v) is 2.39. The first-order valence-electron chi connectivity index (χ1n) is 5.73. The van der Waals surface area contributed by atoms with Crippen LogP contribution in [0.25, 0.3) is 0 Å². The van der Waals surface area contributed by atoms with E-state index in [-0.39, 0.29) is 17.9 Å². The van der Waals surface area contributed by atoms with Gasteiger partial charge in [-0.25, -0.2) is 4.79 Å². The number of hydrogen-bond acceptors (Lipinski definition) is 2. The van der Waals surface area contributed by atoms with Gasteiger partial charge < -0.3 is 15.5 Å². The lowest BCUT2D eigenvalue weighted by atomic mass is 10.1. The molecule has 2 N–H and O–H groups in total. The van der Waals surface area contributed by atoms with Crippen molar-refractivity contribution in [3.63, 3.8) is 0 Å². The Hall–Kier alpha value is -1.26. The smallest absolute Gasteiger partial charge is 0.317 e. The molecule has 0 aromatic rings. The maximum Gasteiger partial charge on any atom is 0.317 e. The molecule has 0 aromatic heterocycles. The summed E-state index contributed by atoms with van der Waals surface area (Å²) in [5, 5.41) is 5.36. The zero-order chi connectivity index (χ0) is 12.6. The lowest BCUT2D eigenvalue weighted by molar-refractivity contribution is -0.124. The lowest BCUT2D eigenvalue weighted by Crippen LogP contribution is -2.42. The molecule has 5 nitrogen and oxygen atoms in total. The molecule has 0 spiro atoms. The van der Waals surface area contributed by atoms with Crippen LogP contribution in [0.15, 0.2) is 0 Å². The first-order chi connectivity index (χ1) is 7.52. The summed E-state index contributed by atoms with van der Waals surface area (Å²) >= 11 is 0. The summed E-state index contributed by atoms with van der Waals surface area (Å²) in [7, 11) is 3.29. The van der Waals surface area contributed by atoms with E-state index in [0.717, 1.165) is 12.8 Å². The number of unbranched alkanes of at least 4 members (excludes halogenated alkanes) is 1. The van der Waals surface area contributed by atoms with Crippen molar-refractivity contribution in [2.45, 2.75) is 26.7 Å². The first kappa shape index (κ1) is 14.7. The van der Waals surface area contributed by atoms with Crippen molar-refractivity contribution in [2.24, 2.45) is 5.92 Å². The van der Waals surface area contributed by atoms with E-state index in [1.165, 1.54) is 4.90 Å². The third-order valence-electron chi connectivity index (χ3n) is 2.39. The van der Waals surface area contributed by atoms with Crippen LogP contribution in [0.1, 0.15) is 26.7 Å². The van der Waals surface area contributed by atoms with Gasteiger partial charge >= 0.3 is 6.03 Å². The second kappa shape index (κ2) is 7.96. The molecule has 16 heavy (non-hydrogen) atoms. The summed E-state index contributed by atoms with van der Waals surface area (Å²) in [5.41, 5.74) is 0. The zero-order valence-corrected chi connectivity index (χ0v) is 10.7. The predicted molar refractivity (Wildman–Crippen MR) is 64.2 cm³/mol. The van der Waals surface area contributed by atoms with Crippen LogP contribution in [-0.2, 0) is 4.79 Å². The molecule has 0 rings (SSSR count). The van der Waals surface area contributed by atoms with E-state index < -0.39 is 0 Å². The highest BCUT2D eigenvalue weighted by atomic mass is 16.2. The Kier molecular flexibility index (Phi) is 7.33. The van der Waals surface area contributed by atoms with E-state index in [2.05, 4.69) is 17.6 Å². The Labute approximate surface area is 97.6 Å². The van der Waals surface area contributed by atoms with Gasteiger partial charge in [0.25, 0.3) is 0 Å². The number of carbonyl (C=O) groups excluding carboxylic acids is 2. The molecule has 0 fully saturated rings. The fourth-order valence-corrected chi connectivity index (χ4v) is 1.33. The van der Waals surface area contributed by atoms with Crippen molar-refractivity contribution in [3.05, 3.63) is 0 Å². The lowest BCUT2D eigenvalue weighted by Gasteiger charge is -2.21. The summed E-state index contributed by atoms with van der Waals surface area (Å²) in [5.74, 6) is -0.236. The number of rotatable bonds is 6. The quantitative estimate of drug-likeness (QED) is 0.662. The molecule has 3 amide bonds. The molecule has 94 valence electrons. The summed E-state index contributed by atoms with van der Waals surface area (Å²) in [4.78, 5) is 24.3. The minimum Gasteiger partial charge on any atom is -0.359 e. The molecule has 0 heterocycles. The fraction of sp³-hybridized carbons (Fsp3) is 0.818. The van der Waals surface area contributed by atoms with Crippen LogP contribution in [0, 0.1) is 5.92 Å². The van der Waals surface area contributed by atoms with Crippen LogP contribution in [0.4, 0.5) is 4.79 Å². The first-order valence-corrected chi connectivity index (χ1v) is 5.73. The molecule has 0 aromatic carbocycles. The largest absolute Gasteiger partial charge is 0.359 e. The van der Waals surface area contributed by atoms with Gasteiger partial charge in [0.05, 0.1) is 5.92 Å². The highest BCUT2D eigenvalue weighted by molar-refractivity contribution is 5.79. The van der Waals surface area contributed by atoms with Crippen molar-refractivity contribution in [2.75, 3.05) is 27.2 Å². The average Bonchev–Trinajstić information content (AvgIpc) is 2.27. The molecule has 0 aliphatic heterocycles. The zero-order valence-electron chi connectivity index (χ0n) is 10.7. The summed E-state index contributed by atoms with van der Waals surface area (Å²) < 4.78 is 0. The van der Waals surface area contributed by atoms with Gasteiger partial charge in [0.1, 0.15) is 0 Å². The maximum atomic E-state index is 11.5. The number of hydrogen-bond donors (Lipinski definition) is 2.